The first-order chi connectivity index (χ1) is 12.9. The number of likely N-dealkylation sites (tertiary alicyclic amines) is 1. The lowest BCUT2D eigenvalue weighted by atomic mass is 9.82. The Bertz CT molecular complexity index is 874. The number of benzene rings is 2. The minimum atomic E-state index is -0.224. The molecule has 1 saturated heterocycles. The molecular weight excluding hydrogens is 330 g/mol. The molecule has 0 radical (unpaired) electrons. The summed E-state index contributed by atoms with van der Waals surface area (Å²) < 4.78 is 0. The van der Waals surface area contributed by atoms with Crippen molar-refractivity contribution in [3.8, 4) is 0 Å². The van der Waals surface area contributed by atoms with Gasteiger partial charge >= 0.3 is 0 Å². The van der Waals surface area contributed by atoms with Crippen molar-refractivity contribution in [2.75, 3.05) is 0 Å². The molecule has 1 aliphatic heterocycles. The lowest BCUT2D eigenvalue weighted by Crippen LogP contribution is -2.44. The Morgan fingerprint density at radius 3 is 2.15 bits per heavy atom. The number of carbonyl (C=O) groups excluding carboxylic acids is 1. The summed E-state index contributed by atoms with van der Waals surface area (Å²) in [6.07, 6.45) is 7.70. The Kier molecular flexibility index (Phi) is 4.51. The molecule has 3 atom stereocenters. The van der Waals surface area contributed by atoms with Gasteiger partial charge in [-0.2, -0.15) is 0 Å². The van der Waals surface area contributed by atoms with Crippen molar-refractivity contribution < 1.29 is 4.79 Å². The van der Waals surface area contributed by atoms with Crippen LogP contribution in [0.15, 0.2) is 84.5 Å². The van der Waals surface area contributed by atoms with Crippen molar-refractivity contribution in [2.45, 2.75) is 38.8 Å². The summed E-state index contributed by atoms with van der Waals surface area (Å²) in [6, 6.07) is 21.0. The third-order valence-corrected chi connectivity index (χ3v) is 5.58. The predicted octanol–water partition coefficient (Wildman–Crippen LogP) is 5.34. The maximum absolute atomic E-state index is 13.4. The number of nitrogens with zero attached hydrogens (tertiary/aromatic N) is 1. The largest absolute Gasteiger partial charge is 0.326 e. The fourth-order valence-corrected chi connectivity index (χ4v) is 4.42. The monoisotopic (exact) mass is 357 g/mol. The lowest BCUT2D eigenvalue weighted by molar-refractivity contribution is -0.131. The molecule has 2 aromatic rings. The summed E-state index contributed by atoms with van der Waals surface area (Å²) >= 11 is 0. The van der Waals surface area contributed by atoms with Crippen molar-refractivity contribution in [3.63, 3.8) is 0 Å². The zero-order chi connectivity index (χ0) is 19.0. The average molecular weight is 357 g/mol. The highest BCUT2D eigenvalue weighted by molar-refractivity contribution is 5.98. The molecule has 138 valence electrons. The lowest BCUT2D eigenvalue weighted by Gasteiger charge is -2.38. The van der Waals surface area contributed by atoms with E-state index in [9.17, 15) is 4.79 Å². The second kappa shape index (κ2) is 6.84. The molecule has 1 heterocycles. The van der Waals surface area contributed by atoms with E-state index in [1.54, 1.807) is 0 Å². The van der Waals surface area contributed by atoms with E-state index in [0.29, 0.717) is 0 Å². The van der Waals surface area contributed by atoms with Crippen LogP contribution in [-0.4, -0.2) is 16.3 Å². The molecule has 1 aliphatic carbocycles. The van der Waals surface area contributed by atoms with Crippen LogP contribution in [0.2, 0.25) is 0 Å². The van der Waals surface area contributed by atoms with Gasteiger partial charge in [0.15, 0.2) is 0 Å². The zero-order valence-electron chi connectivity index (χ0n) is 16.3. The summed E-state index contributed by atoms with van der Waals surface area (Å²) in [5, 5.41) is 0. The summed E-state index contributed by atoms with van der Waals surface area (Å²) in [6.45, 7) is 6.39. The van der Waals surface area contributed by atoms with E-state index in [1.807, 2.05) is 12.1 Å². The quantitative estimate of drug-likeness (QED) is 0.679. The number of fused-ring (bicyclic) bond motifs is 1. The second-order valence-corrected chi connectivity index (χ2v) is 8.59. The van der Waals surface area contributed by atoms with E-state index >= 15 is 0 Å². The smallest absolute Gasteiger partial charge is 0.251 e. The molecule has 2 aromatic carbocycles. The van der Waals surface area contributed by atoms with Crippen LogP contribution in [0.4, 0.5) is 0 Å². The van der Waals surface area contributed by atoms with E-state index in [1.165, 1.54) is 11.1 Å². The van der Waals surface area contributed by atoms with Crippen molar-refractivity contribution >= 4 is 5.91 Å². The molecule has 0 N–H and O–H groups in total. The number of carbonyl (C=O) groups is 1. The summed E-state index contributed by atoms with van der Waals surface area (Å²) in [4.78, 5) is 15.5. The van der Waals surface area contributed by atoms with E-state index in [0.717, 1.165) is 12.0 Å². The van der Waals surface area contributed by atoms with Gasteiger partial charge < -0.3 is 4.90 Å². The van der Waals surface area contributed by atoms with Gasteiger partial charge in [-0.25, -0.2) is 0 Å². The molecule has 1 fully saturated rings. The Labute approximate surface area is 162 Å². The SMILES string of the molecule is CC(C)(C)N1C(=O)C2=C[C@H](Cc3ccccc3)C=C[C@H]2[C@@H]1c1ccccc1. The van der Waals surface area contributed by atoms with Gasteiger partial charge in [0.2, 0.25) is 0 Å². The van der Waals surface area contributed by atoms with Crippen LogP contribution >= 0.6 is 0 Å². The van der Waals surface area contributed by atoms with Crippen LogP contribution in [0.3, 0.4) is 0 Å². The van der Waals surface area contributed by atoms with Crippen LogP contribution in [0.5, 0.6) is 0 Å². The Morgan fingerprint density at radius 1 is 0.889 bits per heavy atom. The van der Waals surface area contributed by atoms with Gasteiger partial charge in [0.1, 0.15) is 0 Å². The second-order valence-electron chi connectivity index (χ2n) is 8.59. The van der Waals surface area contributed by atoms with E-state index in [4.69, 9.17) is 0 Å². The van der Waals surface area contributed by atoms with Gasteiger partial charge in [0.05, 0.1) is 6.04 Å². The first-order valence-electron chi connectivity index (χ1n) is 9.78. The number of rotatable bonds is 3. The Morgan fingerprint density at radius 2 is 1.52 bits per heavy atom. The molecule has 0 unspecified atom stereocenters. The molecule has 1 amide bonds. The molecule has 0 bridgehead atoms. The number of amides is 1. The summed E-state index contributed by atoms with van der Waals surface area (Å²) in [7, 11) is 0. The molecule has 0 aromatic heterocycles. The Hall–Kier alpha value is -2.61. The van der Waals surface area contributed by atoms with E-state index in [2.05, 4.69) is 92.4 Å². The van der Waals surface area contributed by atoms with Gasteiger partial charge in [0, 0.05) is 17.0 Å². The molecule has 2 aliphatic rings. The van der Waals surface area contributed by atoms with Crippen molar-refractivity contribution in [3.05, 3.63) is 95.6 Å². The molecule has 2 heteroatoms. The fourth-order valence-electron chi connectivity index (χ4n) is 4.42. The first-order valence-corrected chi connectivity index (χ1v) is 9.78. The van der Waals surface area contributed by atoms with E-state index in [-0.39, 0.29) is 29.3 Å². The number of hydrogen-bond donors (Lipinski definition) is 0. The minimum Gasteiger partial charge on any atom is -0.326 e. The maximum Gasteiger partial charge on any atom is 0.251 e. The summed E-state index contributed by atoms with van der Waals surface area (Å²) in [5.74, 6) is 0.592. The predicted molar refractivity (Wildman–Crippen MR) is 110 cm³/mol. The van der Waals surface area contributed by atoms with Crippen LogP contribution in [0, 0.1) is 11.8 Å². The van der Waals surface area contributed by atoms with Gasteiger partial charge in [-0.15, -0.1) is 0 Å². The normalized spacial score (nSPS) is 24.7. The third kappa shape index (κ3) is 3.37. The molecule has 0 spiro atoms. The standard InChI is InChI=1S/C25H27NO/c1-25(2,3)26-23(20-12-8-5-9-13-20)21-15-14-19(17-22(21)24(26)27)16-18-10-6-4-7-11-18/h4-15,17,19,21,23H,16H2,1-3H3/t19-,21+,23-/m0/s1. The fraction of sp³-hybridized carbons (Fsp3) is 0.320. The summed E-state index contributed by atoms with van der Waals surface area (Å²) in [5.41, 5.74) is 3.25. The van der Waals surface area contributed by atoms with Crippen molar-refractivity contribution in [1.29, 1.82) is 0 Å². The highest BCUT2D eigenvalue weighted by atomic mass is 16.2. The molecule has 2 nitrogen and oxygen atoms in total. The van der Waals surface area contributed by atoms with Crippen LogP contribution < -0.4 is 0 Å². The van der Waals surface area contributed by atoms with Gasteiger partial charge in [-0.1, -0.05) is 78.9 Å². The topological polar surface area (TPSA) is 20.3 Å². The van der Waals surface area contributed by atoms with Gasteiger partial charge in [-0.05, 0) is 44.2 Å². The highest BCUT2D eigenvalue weighted by Crippen LogP contribution is 2.47. The van der Waals surface area contributed by atoms with Gasteiger partial charge in [0.25, 0.3) is 5.91 Å². The molecule has 27 heavy (non-hydrogen) atoms. The molecular formula is C25H27NO. The van der Waals surface area contributed by atoms with Crippen LogP contribution in [-0.2, 0) is 11.2 Å². The molecule has 0 saturated carbocycles. The maximum atomic E-state index is 13.4. The van der Waals surface area contributed by atoms with E-state index < -0.39 is 0 Å². The van der Waals surface area contributed by atoms with Crippen molar-refractivity contribution in [2.24, 2.45) is 11.8 Å². The zero-order valence-corrected chi connectivity index (χ0v) is 16.3. The highest BCUT2D eigenvalue weighted by Gasteiger charge is 2.48. The van der Waals surface area contributed by atoms with Crippen molar-refractivity contribution in [1.82, 2.24) is 4.90 Å². The number of hydrogen-bond acceptors (Lipinski definition) is 1. The first kappa shape index (κ1) is 17.8. The molecule has 4 rings (SSSR count). The van der Waals surface area contributed by atoms with Gasteiger partial charge in [-0.3, -0.25) is 4.79 Å². The van der Waals surface area contributed by atoms with Crippen LogP contribution in [0.25, 0.3) is 0 Å². The number of allylic oxidation sites excluding steroid dienone is 2. The minimum absolute atomic E-state index is 0.0684. The third-order valence-electron chi connectivity index (χ3n) is 5.58. The Balaban J connectivity index is 1.69. The van der Waals surface area contributed by atoms with Crippen LogP contribution in [0.1, 0.15) is 37.9 Å². The average Bonchev–Trinajstić information content (AvgIpc) is 2.96.